The van der Waals surface area contributed by atoms with E-state index in [1.807, 2.05) is 6.92 Å². The number of rotatable bonds is 4. The summed E-state index contributed by atoms with van der Waals surface area (Å²) in [5.41, 5.74) is -0.472. The molecule has 0 aliphatic carbocycles. The van der Waals surface area contributed by atoms with Gasteiger partial charge in [-0.15, -0.1) is 0 Å². The summed E-state index contributed by atoms with van der Waals surface area (Å²) in [6.07, 6.45) is 2.21. The number of carbonyl (C=O) groups excluding carboxylic acids is 1. The van der Waals surface area contributed by atoms with Crippen LogP contribution in [0.15, 0.2) is 18.2 Å². The SMILES string of the molecule is CCCC1(C(=O)O)CCCN1C(=O)c1ccc(C)c(F)c1. The maximum atomic E-state index is 13.6. The Hall–Kier alpha value is -1.91. The first-order valence-electron chi connectivity index (χ1n) is 7.24. The Balaban J connectivity index is 2.36. The van der Waals surface area contributed by atoms with E-state index < -0.39 is 23.2 Å². The van der Waals surface area contributed by atoms with Crippen LogP contribution in [0, 0.1) is 12.7 Å². The van der Waals surface area contributed by atoms with Crippen LogP contribution in [0.3, 0.4) is 0 Å². The van der Waals surface area contributed by atoms with Crippen LogP contribution in [-0.2, 0) is 4.79 Å². The molecule has 2 rings (SSSR count). The lowest BCUT2D eigenvalue weighted by Gasteiger charge is -2.34. The Morgan fingerprint density at radius 2 is 2.14 bits per heavy atom. The van der Waals surface area contributed by atoms with Gasteiger partial charge in [0.15, 0.2) is 0 Å². The molecule has 1 aliphatic heterocycles. The summed E-state index contributed by atoms with van der Waals surface area (Å²) in [5.74, 6) is -1.82. The first kappa shape index (κ1) is 15.5. The molecule has 21 heavy (non-hydrogen) atoms. The van der Waals surface area contributed by atoms with Gasteiger partial charge < -0.3 is 10.0 Å². The number of carbonyl (C=O) groups is 2. The van der Waals surface area contributed by atoms with E-state index in [9.17, 15) is 19.1 Å². The summed E-state index contributed by atoms with van der Waals surface area (Å²) >= 11 is 0. The molecule has 0 aromatic heterocycles. The van der Waals surface area contributed by atoms with Gasteiger partial charge in [0.25, 0.3) is 5.91 Å². The minimum Gasteiger partial charge on any atom is -0.479 e. The topological polar surface area (TPSA) is 57.6 Å². The Morgan fingerprint density at radius 3 is 2.71 bits per heavy atom. The molecule has 1 aliphatic rings. The monoisotopic (exact) mass is 293 g/mol. The molecule has 4 nitrogen and oxygen atoms in total. The molecular formula is C16H20FNO3. The van der Waals surface area contributed by atoms with Crippen molar-refractivity contribution in [3.8, 4) is 0 Å². The number of carboxylic acids is 1. The fourth-order valence-electron chi connectivity index (χ4n) is 3.06. The number of likely N-dealkylation sites (tertiary alicyclic amines) is 1. The predicted molar refractivity (Wildman–Crippen MR) is 76.7 cm³/mol. The summed E-state index contributed by atoms with van der Waals surface area (Å²) in [6, 6.07) is 4.28. The van der Waals surface area contributed by atoms with E-state index in [4.69, 9.17) is 0 Å². The van der Waals surface area contributed by atoms with Gasteiger partial charge in [-0.1, -0.05) is 19.4 Å². The molecular weight excluding hydrogens is 273 g/mol. The number of hydrogen-bond donors (Lipinski definition) is 1. The Kier molecular flexibility index (Phi) is 4.30. The van der Waals surface area contributed by atoms with E-state index >= 15 is 0 Å². The zero-order valence-electron chi connectivity index (χ0n) is 12.4. The standard InChI is InChI=1S/C16H20FNO3/c1-3-7-16(15(20)21)8-4-9-18(16)14(19)12-6-5-11(2)13(17)10-12/h5-6,10H,3-4,7-9H2,1-2H3,(H,20,21). The van der Waals surface area contributed by atoms with E-state index in [1.165, 1.54) is 11.0 Å². The number of aryl methyl sites for hydroxylation is 1. The number of amides is 1. The molecule has 0 saturated carbocycles. The Morgan fingerprint density at radius 1 is 1.43 bits per heavy atom. The molecule has 0 spiro atoms. The minimum absolute atomic E-state index is 0.210. The third kappa shape index (κ3) is 2.64. The van der Waals surface area contributed by atoms with Gasteiger partial charge in [0.05, 0.1) is 0 Å². The van der Waals surface area contributed by atoms with Crippen LogP contribution < -0.4 is 0 Å². The first-order chi connectivity index (χ1) is 9.92. The molecule has 1 N–H and O–H groups in total. The molecule has 1 aromatic rings. The highest BCUT2D eigenvalue weighted by Crippen LogP contribution is 2.35. The van der Waals surface area contributed by atoms with Crippen LogP contribution in [0.25, 0.3) is 0 Å². The van der Waals surface area contributed by atoms with Gasteiger partial charge in [0.2, 0.25) is 0 Å². The number of halogens is 1. The first-order valence-corrected chi connectivity index (χ1v) is 7.24. The minimum atomic E-state index is -1.15. The summed E-state index contributed by atoms with van der Waals surface area (Å²) in [6.45, 7) is 3.93. The van der Waals surface area contributed by atoms with Gasteiger partial charge in [-0.05, 0) is 43.9 Å². The Labute approximate surface area is 123 Å². The molecule has 114 valence electrons. The van der Waals surface area contributed by atoms with Crippen LogP contribution in [0.4, 0.5) is 4.39 Å². The fourth-order valence-corrected chi connectivity index (χ4v) is 3.06. The van der Waals surface area contributed by atoms with Gasteiger partial charge in [0, 0.05) is 12.1 Å². The van der Waals surface area contributed by atoms with Crippen LogP contribution >= 0.6 is 0 Å². The zero-order valence-corrected chi connectivity index (χ0v) is 12.4. The van der Waals surface area contributed by atoms with Crippen LogP contribution in [0.2, 0.25) is 0 Å². The van der Waals surface area contributed by atoms with Crippen LogP contribution in [0.1, 0.15) is 48.5 Å². The molecule has 1 unspecified atom stereocenters. The van der Waals surface area contributed by atoms with Gasteiger partial charge in [0.1, 0.15) is 11.4 Å². The number of hydrogen-bond acceptors (Lipinski definition) is 2. The lowest BCUT2D eigenvalue weighted by molar-refractivity contribution is -0.148. The lowest BCUT2D eigenvalue weighted by Crippen LogP contribution is -2.53. The highest BCUT2D eigenvalue weighted by Gasteiger charge is 2.49. The van der Waals surface area contributed by atoms with Crippen molar-refractivity contribution in [3.63, 3.8) is 0 Å². The quantitative estimate of drug-likeness (QED) is 0.928. The third-order valence-corrected chi connectivity index (χ3v) is 4.21. The van der Waals surface area contributed by atoms with Gasteiger partial charge in [-0.2, -0.15) is 0 Å². The molecule has 1 heterocycles. The van der Waals surface area contributed by atoms with Crippen molar-refractivity contribution >= 4 is 11.9 Å². The highest BCUT2D eigenvalue weighted by molar-refractivity contribution is 5.98. The van der Waals surface area contributed by atoms with Crippen molar-refractivity contribution in [2.45, 2.75) is 45.1 Å². The molecule has 1 atom stereocenters. The largest absolute Gasteiger partial charge is 0.479 e. The van der Waals surface area contributed by atoms with E-state index in [0.29, 0.717) is 37.8 Å². The summed E-state index contributed by atoms with van der Waals surface area (Å²) in [5, 5.41) is 9.59. The molecule has 1 amide bonds. The van der Waals surface area contributed by atoms with Gasteiger partial charge in [-0.25, -0.2) is 9.18 Å². The summed E-state index contributed by atoms with van der Waals surface area (Å²) < 4.78 is 13.6. The third-order valence-electron chi connectivity index (χ3n) is 4.21. The van der Waals surface area contributed by atoms with Gasteiger partial charge in [-0.3, -0.25) is 4.79 Å². The average Bonchev–Trinajstić information content (AvgIpc) is 2.86. The predicted octanol–water partition coefficient (Wildman–Crippen LogP) is 2.99. The summed E-state index contributed by atoms with van der Waals surface area (Å²) in [7, 11) is 0. The van der Waals surface area contributed by atoms with Crippen molar-refractivity contribution in [1.29, 1.82) is 0 Å². The van der Waals surface area contributed by atoms with Crippen molar-refractivity contribution < 1.29 is 19.1 Å². The Bertz CT molecular complexity index is 573. The summed E-state index contributed by atoms with van der Waals surface area (Å²) in [4.78, 5) is 25.7. The second-order valence-electron chi connectivity index (χ2n) is 5.61. The van der Waals surface area contributed by atoms with Crippen molar-refractivity contribution in [1.82, 2.24) is 4.90 Å². The second-order valence-corrected chi connectivity index (χ2v) is 5.61. The van der Waals surface area contributed by atoms with E-state index in [-0.39, 0.29) is 5.56 Å². The van der Waals surface area contributed by atoms with Crippen LogP contribution in [-0.4, -0.2) is 34.0 Å². The molecule has 1 aromatic carbocycles. The normalized spacial score (nSPS) is 21.6. The highest BCUT2D eigenvalue weighted by atomic mass is 19.1. The maximum absolute atomic E-state index is 13.6. The smallest absolute Gasteiger partial charge is 0.329 e. The molecule has 5 heteroatoms. The fraction of sp³-hybridized carbons (Fsp3) is 0.500. The van der Waals surface area contributed by atoms with E-state index in [1.54, 1.807) is 19.1 Å². The van der Waals surface area contributed by atoms with Crippen molar-refractivity contribution in [2.24, 2.45) is 0 Å². The average molecular weight is 293 g/mol. The van der Waals surface area contributed by atoms with Crippen LogP contribution in [0.5, 0.6) is 0 Å². The zero-order chi connectivity index (χ0) is 15.6. The molecule has 0 radical (unpaired) electrons. The number of benzene rings is 1. The molecule has 1 fully saturated rings. The van der Waals surface area contributed by atoms with Crippen molar-refractivity contribution in [2.75, 3.05) is 6.54 Å². The number of aliphatic carboxylic acids is 1. The van der Waals surface area contributed by atoms with E-state index in [0.717, 1.165) is 0 Å². The molecule has 1 saturated heterocycles. The number of carboxylic acid groups (broad SMARTS) is 1. The number of nitrogens with zero attached hydrogens (tertiary/aromatic N) is 1. The second kappa shape index (κ2) is 5.84. The lowest BCUT2D eigenvalue weighted by atomic mass is 9.90. The molecule has 0 bridgehead atoms. The van der Waals surface area contributed by atoms with Gasteiger partial charge >= 0.3 is 5.97 Å². The van der Waals surface area contributed by atoms with E-state index in [2.05, 4.69) is 0 Å². The van der Waals surface area contributed by atoms with Crippen molar-refractivity contribution in [3.05, 3.63) is 35.1 Å². The maximum Gasteiger partial charge on any atom is 0.329 e.